The highest BCUT2D eigenvalue weighted by Gasteiger charge is 2.05. The quantitative estimate of drug-likeness (QED) is 0.734. The number of aromatic nitrogens is 1. The maximum absolute atomic E-state index is 4.41. The van der Waals surface area contributed by atoms with E-state index in [1.54, 1.807) is 0 Å². The first-order chi connectivity index (χ1) is 7.27. The molecule has 0 aliphatic rings. The first-order valence-electron chi connectivity index (χ1n) is 5.20. The average molecular weight is 336 g/mol. The van der Waals surface area contributed by atoms with Crippen molar-refractivity contribution in [2.75, 3.05) is 23.3 Å². The Morgan fingerprint density at radius 2 is 2.13 bits per heavy atom. The SMILES string of the molecule is CCCCN(CCBr)c1ccc(Br)cn1. The van der Waals surface area contributed by atoms with Crippen LogP contribution in [-0.2, 0) is 0 Å². The molecule has 0 saturated heterocycles. The molecule has 0 aromatic carbocycles. The molecule has 0 N–H and O–H groups in total. The van der Waals surface area contributed by atoms with Crippen LogP contribution in [0.15, 0.2) is 22.8 Å². The van der Waals surface area contributed by atoms with Crippen molar-refractivity contribution in [2.45, 2.75) is 19.8 Å². The lowest BCUT2D eigenvalue weighted by Gasteiger charge is -2.22. The number of halogens is 2. The number of alkyl halides is 1. The fourth-order valence-corrected chi connectivity index (χ4v) is 2.01. The normalized spacial score (nSPS) is 10.3. The third kappa shape index (κ3) is 4.51. The van der Waals surface area contributed by atoms with Gasteiger partial charge in [-0.3, -0.25) is 0 Å². The van der Waals surface area contributed by atoms with Gasteiger partial charge in [0.15, 0.2) is 0 Å². The molecule has 0 saturated carbocycles. The molecule has 1 heterocycles. The van der Waals surface area contributed by atoms with Crippen LogP contribution < -0.4 is 4.90 Å². The van der Waals surface area contributed by atoms with Crippen LogP contribution in [0.25, 0.3) is 0 Å². The van der Waals surface area contributed by atoms with Gasteiger partial charge in [0.05, 0.1) is 0 Å². The van der Waals surface area contributed by atoms with E-state index in [1.807, 2.05) is 12.3 Å². The summed E-state index contributed by atoms with van der Waals surface area (Å²) >= 11 is 6.87. The van der Waals surface area contributed by atoms with Gasteiger partial charge in [-0.15, -0.1) is 0 Å². The van der Waals surface area contributed by atoms with Crippen molar-refractivity contribution in [3.05, 3.63) is 22.8 Å². The molecular formula is C11H16Br2N2. The minimum atomic E-state index is 0.981. The van der Waals surface area contributed by atoms with Crippen molar-refractivity contribution in [3.63, 3.8) is 0 Å². The van der Waals surface area contributed by atoms with E-state index >= 15 is 0 Å². The summed E-state index contributed by atoms with van der Waals surface area (Å²) in [6.07, 6.45) is 4.28. The van der Waals surface area contributed by atoms with Gasteiger partial charge in [-0.05, 0) is 34.5 Å². The molecule has 1 rings (SSSR count). The van der Waals surface area contributed by atoms with Crippen LogP contribution >= 0.6 is 31.9 Å². The fourth-order valence-electron chi connectivity index (χ4n) is 1.35. The summed E-state index contributed by atoms with van der Waals surface area (Å²) in [5.74, 6) is 1.06. The van der Waals surface area contributed by atoms with Crippen molar-refractivity contribution < 1.29 is 0 Å². The zero-order valence-corrected chi connectivity index (χ0v) is 12.1. The summed E-state index contributed by atoms with van der Waals surface area (Å²) in [6, 6.07) is 4.10. The van der Waals surface area contributed by atoms with Crippen molar-refractivity contribution >= 4 is 37.7 Å². The Bertz CT molecular complexity index is 274. The van der Waals surface area contributed by atoms with E-state index in [1.165, 1.54) is 12.8 Å². The van der Waals surface area contributed by atoms with Gasteiger partial charge in [-0.25, -0.2) is 4.98 Å². The van der Waals surface area contributed by atoms with Crippen LogP contribution in [0.5, 0.6) is 0 Å². The van der Waals surface area contributed by atoms with E-state index in [0.717, 1.165) is 28.7 Å². The lowest BCUT2D eigenvalue weighted by molar-refractivity contribution is 0.727. The third-order valence-corrected chi connectivity index (χ3v) is 3.00. The summed E-state index contributed by atoms with van der Waals surface area (Å²) in [7, 11) is 0. The second kappa shape index (κ2) is 7.23. The topological polar surface area (TPSA) is 16.1 Å². The van der Waals surface area contributed by atoms with Crippen molar-refractivity contribution in [1.82, 2.24) is 4.98 Å². The molecule has 2 nitrogen and oxygen atoms in total. The lowest BCUT2D eigenvalue weighted by atomic mass is 10.3. The van der Waals surface area contributed by atoms with Gasteiger partial charge >= 0.3 is 0 Å². The molecule has 0 aliphatic heterocycles. The predicted octanol–water partition coefficient (Wildman–Crippen LogP) is 3.85. The summed E-state index contributed by atoms with van der Waals surface area (Å²) in [6.45, 7) is 4.30. The van der Waals surface area contributed by atoms with Crippen molar-refractivity contribution in [2.24, 2.45) is 0 Å². The van der Waals surface area contributed by atoms with Gasteiger partial charge in [-0.2, -0.15) is 0 Å². The average Bonchev–Trinajstić information content (AvgIpc) is 2.25. The maximum atomic E-state index is 4.41. The largest absolute Gasteiger partial charge is 0.356 e. The summed E-state index contributed by atoms with van der Waals surface area (Å²) < 4.78 is 1.03. The fraction of sp³-hybridized carbons (Fsp3) is 0.545. The maximum Gasteiger partial charge on any atom is 0.128 e. The molecule has 0 bridgehead atoms. The zero-order chi connectivity index (χ0) is 11.1. The number of hydrogen-bond acceptors (Lipinski definition) is 2. The molecule has 15 heavy (non-hydrogen) atoms. The van der Waals surface area contributed by atoms with Gasteiger partial charge in [0, 0.05) is 29.1 Å². The van der Waals surface area contributed by atoms with Gasteiger partial charge in [-0.1, -0.05) is 29.3 Å². The standard InChI is InChI=1S/C11H16Br2N2/c1-2-3-7-15(8-6-12)11-5-4-10(13)9-14-11/h4-5,9H,2-3,6-8H2,1H3. The Labute approximate surface area is 108 Å². The highest BCUT2D eigenvalue weighted by atomic mass is 79.9. The Morgan fingerprint density at radius 3 is 2.67 bits per heavy atom. The van der Waals surface area contributed by atoms with Crippen LogP contribution in [-0.4, -0.2) is 23.4 Å². The molecular weight excluding hydrogens is 320 g/mol. The number of unbranched alkanes of at least 4 members (excludes halogenated alkanes) is 1. The molecule has 0 atom stereocenters. The number of anilines is 1. The molecule has 84 valence electrons. The van der Waals surface area contributed by atoms with Crippen LogP contribution in [0.3, 0.4) is 0 Å². The molecule has 1 aromatic heterocycles. The third-order valence-electron chi connectivity index (χ3n) is 2.17. The van der Waals surface area contributed by atoms with Crippen LogP contribution in [0.1, 0.15) is 19.8 Å². The molecule has 0 aliphatic carbocycles. The van der Waals surface area contributed by atoms with Gasteiger partial charge < -0.3 is 4.90 Å². The molecule has 0 spiro atoms. The highest BCUT2D eigenvalue weighted by molar-refractivity contribution is 9.10. The van der Waals surface area contributed by atoms with Crippen LogP contribution in [0, 0.1) is 0 Å². The monoisotopic (exact) mass is 334 g/mol. The van der Waals surface area contributed by atoms with Gasteiger partial charge in [0.2, 0.25) is 0 Å². The Morgan fingerprint density at radius 1 is 1.33 bits per heavy atom. The van der Waals surface area contributed by atoms with E-state index in [-0.39, 0.29) is 0 Å². The van der Waals surface area contributed by atoms with Gasteiger partial charge in [0.25, 0.3) is 0 Å². The molecule has 1 aromatic rings. The minimum absolute atomic E-state index is 0.981. The van der Waals surface area contributed by atoms with E-state index < -0.39 is 0 Å². The second-order valence-electron chi connectivity index (χ2n) is 3.36. The van der Waals surface area contributed by atoms with E-state index in [9.17, 15) is 0 Å². The van der Waals surface area contributed by atoms with Gasteiger partial charge in [0.1, 0.15) is 5.82 Å². The number of pyridine rings is 1. The molecule has 4 heteroatoms. The zero-order valence-electron chi connectivity index (χ0n) is 8.92. The predicted molar refractivity (Wildman–Crippen MR) is 72.9 cm³/mol. The molecule has 0 unspecified atom stereocenters. The van der Waals surface area contributed by atoms with E-state index in [0.29, 0.717) is 0 Å². The Balaban J connectivity index is 2.65. The summed E-state index contributed by atoms with van der Waals surface area (Å²) in [5, 5.41) is 0.981. The first-order valence-corrected chi connectivity index (χ1v) is 7.12. The first kappa shape index (κ1) is 13.0. The minimum Gasteiger partial charge on any atom is -0.356 e. The highest BCUT2D eigenvalue weighted by Crippen LogP contribution is 2.15. The van der Waals surface area contributed by atoms with E-state index in [4.69, 9.17) is 0 Å². The molecule has 0 radical (unpaired) electrons. The van der Waals surface area contributed by atoms with E-state index in [2.05, 4.69) is 54.7 Å². The number of hydrogen-bond donors (Lipinski definition) is 0. The van der Waals surface area contributed by atoms with Crippen molar-refractivity contribution in [3.8, 4) is 0 Å². The number of nitrogens with zero attached hydrogens (tertiary/aromatic N) is 2. The molecule has 0 amide bonds. The van der Waals surface area contributed by atoms with Crippen LogP contribution in [0.2, 0.25) is 0 Å². The van der Waals surface area contributed by atoms with Crippen molar-refractivity contribution in [1.29, 1.82) is 0 Å². The van der Waals surface area contributed by atoms with Crippen LogP contribution in [0.4, 0.5) is 5.82 Å². The number of rotatable bonds is 6. The second-order valence-corrected chi connectivity index (χ2v) is 5.07. The summed E-state index contributed by atoms with van der Waals surface area (Å²) in [5.41, 5.74) is 0. The lowest BCUT2D eigenvalue weighted by Crippen LogP contribution is -2.27. The Kier molecular flexibility index (Phi) is 6.25. The smallest absolute Gasteiger partial charge is 0.128 e. The summed E-state index contributed by atoms with van der Waals surface area (Å²) in [4.78, 5) is 6.72. The Hall–Kier alpha value is -0.0900. The molecule has 0 fully saturated rings.